The molecule has 200 valence electrons. The zero-order chi connectivity index (χ0) is 27.2. The summed E-state index contributed by atoms with van der Waals surface area (Å²) in [4.78, 5) is 31.0. The fourth-order valence-electron chi connectivity index (χ4n) is 8.56. The summed E-state index contributed by atoms with van der Waals surface area (Å²) < 4.78 is 12.1. The van der Waals surface area contributed by atoms with E-state index in [0.717, 1.165) is 34.7 Å². The molecule has 40 heavy (non-hydrogen) atoms. The second-order valence-corrected chi connectivity index (χ2v) is 11.4. The molecule has 4 aliphatic rings. The number of rotatable bonds is 3. The SMILES string of the molecule is COc1ccc([C@H]2Oc3ccccc3[C@H]3[C@]2([N+](=O)[O-])[C@@H]2CCCCN2[C@@]32C(=O)c3cccc4cccc2c34)cc1. The van der Waals surface area contributed by atoms with Crippen LogP contribution >= 0.6 is 0 Å². The largest absolute Gasteiger partial charge is 0.497 e. The van der Waals surface area contributed by atoms with Gasteiger partial charge in [-0.2, -0.15) is 0 Å². The van der Waals surface area contributed by atoms with Crippen molar-refractivity contribution in [2.24, 2.45) is 0 Å². The van der Waals surface area contributed by atoms with Crippen LogP contribution in [0.5, 0.6) is 11.5 Å². The summed E-state index contributed by atoms with van der Waals surface area (Å²) in [6.45, 7) is 0.615. The van der Waals surface area contributed by atoms with Gasteiger partial charge >= 0.3 is 0 Å². The van der Waals surface area contributed by atoms with Crippen LogP contribution in [0.1, 0.15) is 58.3 Å². The molecule has 0 amide bonds. The van der Waals surface area contributed by atoms with Gasteiger partial charge < -0.3 is 9.47 Å². The molecule has 0 saturated carbocycles. The molecule has 1 aliphatic carbocycles. The summed E-state index contributed by atoms with van der Waals surface area (Å²) in [5.74, 6) is 0.480. The number of piperidine rings is 1. The number of hydrogen-bond acceptors (Lipinski definition) is 6. The van der Waals surface area contributed by atoms with E-state index in [1.807, 2.05) is 84.9 Å². The Hall–Kier alpha value is -4.23. The van der Waals surface area contributed by atoms with Crippen LogP contribution in [-0.4, -0.2) is 40.8 Å². The number of para-hydroxylation sites is 1. The molecule has 7 nitrogen and oxygen atoms in total. The standard InChI is InChI=1S/C33H28N2O5/c1-39-22-17-15-21(16-18-22)31-33(35(37)38)27-14-4-5-19-34(27)32(29(33)23-10-2-3-13-26(23)40-31)25-12-7-9-20-8-6-11-24(28(20)25)30(32)36/h2-3,6-13,15-18,27,29,31H,4-5,14,19H2,1H3/t27-,29+,31+,32+,33+/m0/s1. The highest BCUT2D eigenvalue weighted by Crippen LogP contribution is 2.69. The predicted octanol–water partition coefficient (Wildman–Crippen LogP) is 6.04. The van der Waals surface area contributed by atoms with Crippen molar-refractivity contribution in [1.29, 1.82) is 0 Å². The van der Waals surface area contributed by atoms with Gasteiger partial charge in [0.05, 0.1) is 19.1 Å². The van der Waals surface area contributed by atoms with E-state index < -0.39 is 29.1 Å². The molecule has 5 atom stereocenters. The summed E-state index contributed by atoms with van der Waals surface area (Å²) >= 11 is 0. The van der Waals surface area contributed by atoms with Crippen LogP contribution in [0.25, 0.3) is 10.8 Å². The van der Waals surface area contributed by atoms with Gasteiger partial charge in [0.1, 0.15) is 17.0 Å². The lowest BCUT2D eigenvalue weighted by Gasteiger charge is -2.44. The van der Waals surface area contributed by atoms with Gasteiger partial charge in [0, 0.05) is 22.6 Å². The highest BCUT2D eigenvalue weighted by molar-refractivity contribution is 6.21. The fourth-order valence-corrected chi connectivity index (χ4v) is 8.56. The molecule has 4 aromatic rings. The number of carbonyl (C=O) groups excluding carboxylic acids is 1. The zero-order valence-corrected chi connectivity index (χ0v) is 22.1. The Morgan fingerprint density at radius 2 is 1.75 bits per heavy atom. The number of carbonyl (C=O) groups is 1. The van der Waals surface area contributed by atoms with Crippen molar-refractivity contribution in [1.82, 2.24) is 4.90 Å². The second-order valence-electron chi connectivity index (χ2n) is 11.4. The molecular weight excluding hydrogens is 504 g/mol. The molecule has 0 aromatic heterocycles. The lowest BCUT2D eigenvalue weighted by atomic mass is 9.62. The van der Waals surface area contributed by atoms with E-state index in [9.17, 15) is 14.9 Å². The molecule has 0 N–H and O–H groups in total. The van der Waals surface area contributed by atoms with Gasteiger partial charge in [-0.3, -0.25) is 19.8 Å². The van der Waals surface area contributed by atoms with Crippen LogP contribution in [-0.2, 0) is 5.54 Å². The molecule has 1 spiro atoms. The van der Waals surface area contributed by atoms with E-state index in [2.05, 4.69) is 4.90 Å². The van der Waals surface area contributed by atoms with Crippen LogP contribution < -0.4 is 9.47 Å². The predicted molar refractivity (Wildman–Crippen MR) is 150 cm³/mol. The highest BCUT2D eigenvalue weighted by Gasteiger charge is 2.82. The number of hydrogen-bond donors (Lipinski definition) is 0. The molecule has 3 aliphatic heterocycles. The van der Waals surface area contributed by atoms with E-state index in [-0.39, 0.29) is 10.7 Å². The summed E-state index contributed by atoms with van der Waals surface area (Å²) in [6, 6.07) is 26.4. The summed E-state index contributed by atoms with van der Waals surface area (Å²) in [5, 5.41) is 15.8. The normalized spacial score (nSPS) is 30.0. The van der Waals surface area contributed by atoms with Crippen LogP contribution in [0.3, 0.4) is 0 Å². The number of ketones is 1. The molecule has 4 aromatic carbocycles. The number of nitrogens with zero attached hydrogens (tertiary/aromatic N) is 2. The Morgan fingerprint density at radius 3 is 2.52 bits per heavy atom. The maximum absolute atomic E-state index is 15.0. The number of Topliss-reactive ketones (excluding diaryl/α,β-unsaturated/α-hetero) is 1. The summed E-state index contributed by atoms with van der Waals surface area (Å²) in [6.07, 6.45) is 1.47. The molecule has 7 heteroatoms. The average molecular weight is 533 g/mol. The van der Waals surface area contributed by atoms with Gasteiger partial charge in [0.15, 0.2) is 11.9 Å². The minimum Gasteiger partial charge on any atom is -0.497 e. The first kappa shape index (κ1) is 23.6. The number of fused-ring (bicyclic) bond motifs is 8. The van der Waals surface area contributed by atoms with E-state index in [0.29, 0.717) is 35.6 Å². The topological polar surface area (TPSA) is 81.9 Å². The van der Waals surface area contributed by atoms with E-state index >= 15 is 0 Å². The second kappa shape index (κ2) is 8.15. The molecule has 2 saturated heterocycles. The Morgan fingerprint density at radius 1 is 0.975 bits per heavy atom. The van der Waals surface area contributed by atoms with Gasteiger partial charge in [-0.05, 0) is 52.9 Å². The first-order valence-corrected chi connectivity index (χ1v) is 13.9. The first-order chi connectivity index (χ1) is 19.5. The van der Waals surface area contributed by atoms with Crippen LogP contribution in [0.15, 0.2) is 84.9 Å². The molecule has 8 rings (SSSR count). The quantitative estimate of drug-likeness (QED) is 0.236. The van der Waals surface area contributed by atoms with Crippen molar-refractivity contribution in [3.8, 4) is 11.5 Å². The molecule has 2 fully saturated rings. The van der Waals surface area contributed by atoms with Crippen molar-refractivity contribution in [3.63, 3.8) is 0 Å². The molecule has 0 bridgehead atoms. The maximum Gasteiger partial charge on any atom is 0.287 e. The Kier molecular flexibility index (Phi) is 4.81. The lowest BCUT2D eigenvalue weighted by molar-refractivity contribution is -0.592. The Bertz CT molecular complexity index is 1710. The van der Waals surface area contributed by atoms with Gasteiger partial charge in [-0.1, -0.05) is 73.2 Å². The zero-order valence-electron chi connectivity index (χ0n) is 22.1. The van der Waals surface area contributed by atoms with Gasteiger partial charge in [0.25, 0.3) is 5.54 Å². The lowest BCUT2D eigenvalue weighted by Crippen LogP contribution is -2.60. The summed E-state index contributed by atoms with van der Waals surface area (Å²) in [5.41, 5.74) is 0.185. The third-order valence-electron chi connectivity index (χ3n) is 9.91. The van der Waals surface area contributed by atoms with Crippen molar-refractivity contribution < 1.29 is 19.2 Å². The van der Waals surface area contributed by atoms with E-state index in [1.54, 1.807) is 7.11 Å². The molecular formula is C33H28N2O5. The van der Waals surface area contributed by atoms with Crippen molar-refractivity contribution >= 4 is 16.6 Å². The highest BCUT2D eigenvalue weighted by atomic mass is 16.6. The number of benzene rings is 4. The first-order valence-electron chi connectivity index (χ1n) is 13.9. The molecule has 0 radical (unpaired) electrons. The van der Waals surface area contributed by atoms with Crippen molar-refractivity contribution in [3.05, 3.63) is 117 Å². The van der Waals surface area contributed by atoms with Crippen LogP contribution in [0.4, 0.5) is 0 Å². The minimum atomic E-state index is -1.59. The number of ether oxygens (including phenoxy) is 2. The fraction of sp³-hybridized carbons (Fsp3) is 0.303. The maximum atomic E-state index is 15.0. The third kappa shape index (κ3) is 2.61. The van der Waals surface area contributed by atoms with E-state index in [4.69, 9.17) is 9.47 Å². The average Bonchev–Trinajstić information content (AvgIpc) is 3.43. The van der Waals surface area contributed by atoms with E-state index in [1.165, 1.54) is 0 Å². The van der Waals surface area contributed by atoms with Gasteiger partial charge in [-0.25, -0.2) is 0 Å². The number of nitro groups is 1. The van der Waals surface area contributed by atoms with Crippen molar-refractivity contribution in [2.75, 3.05) is 13.7 Å². The molecule has 0 unspecified atom stereocenters. The molecule has 3 heterocycles. The smallest absolute Gasteiger partial charge is 0.287 e. The Balaban J connectivity index is 1.50. The van der Waals surface area contributed by atoms with Crippen LogP contribution in [0, 0.1) is 10.1 Å². The van der Waals surface area contributed by atoms with Gasteiger partial charge in [0.2, 0.25) is 0 Å². The van der Waals surface area contributed by atoms with Gasteiger partial charge in [-0.15, -0.1) is 0 Å². The van der Waals surface area contributed by atoms with Crippen molar-refractivity contribution in [2.45, 2.75) is 48.4 Å². The number of methoxy groups -OCH3 is 1. The minimum absolute atomic E-state index is 0.0369. The van der Waals surface area contributed by atoms with Crippen LogP contribution in [0.2, 0.25) is 0 Å². The Labute approximate surface area is 231 Å². The summed E-state index contributed by atoms with van der Waals surface area (Å²) in [7, 11) is 1.60. The third-order valence-corrected chi connectivity index (χ3v) is 9.91. The monoisotopic (exact) mass is 532 g/mol.